The Bertz CT molecular complexity index is 660. The first-order chi connectivity index (χ1) is 11.3. The Hall–Kier alpha value is -2.40. The van der Waals surface area contributed by atoms with Crippen LogP contribution in [0.4, 0.5) is 10.6 Å². The minimum atomic E-state index is -0.223. The normalized spacial score (nSPS) is 16.5. The molecule has 23 heavy (non-hydrogen) atoms. The zero-order valence-corrected chi connectivity index (χ0v) is 13.0. The number of hydrogen-bond acceptors (Lipinski definition) is 3. The van der Waals surface area contributed by atoms with E-state index in [-0.39, 0.29) is 18.7 Å². The van der Waals surface area contributed by atoms with E-state index in [0.717, 1.165) is 19.3 Å². The van der Waals surface area contributed by atoms with Crippen molar-refractivity contribution in [2.45, 2.75) is 25.3 Å². The van der Waals surface area contributed by atoms with Crippen LogP contribution in [0.15, 0.2) is 48.7 Å². The van der Waals surface area contributed by atoms with Crippen molar-refractivity contribution >= 4 is 11.8 Å². The molecular formula is C18H21N3O2. The maximum absolute atomic E-state index is 12.7. The zero-order valence-electron chi connectivity index (χ0n) is 13.0. The maximum Gasteiger partial charge on any atom is 0.323 e. The van der Waals surface area contributed by atoms with E-state index in [1.54, 1.807) is 23.2 Å². The fraction of sp³-hybridized carbons (Fsp3) is 0.333. The largest absolute Gasteiger partial charge is 0.395 e. The Morgan fingerprint density at radius 3 is 2.87 bits per heavy atom. The molecule has 0 radical (unpaired) electrons. The van der Waals surface area contributed by atoms with Crippen LogP contribution in [-0.4, -0.2) is 34.2 Å². The van der Waals surface area contributed by atoms with Crippen LogP contribution >= 0.6 is 0 Å². The molecule has 5 nitrogen and oxygen atoms in total. The second-order valence-electron chi connectivity index (χ2n) is 5.67. The van der Waals surface area contributed by atoms with E-state index in [9.17, 15) is 9.90 Å². The van der Waals surface area contributed by atoms with E-state index in [1.165, 1.54) is 11.1 Å². The number of anilines is 1. The second kappa shape index (κ2) is 7.24. The third kappa shape index (κ3) is 3.51. The molecule has 0 unspecified atom stereocenters. The number of fused-ring (bicyclic) bond motifs is 1. The van der Waals surface area contributed by atoms with Gasteiger partial charge in [-0.25, -0.2) is 9.78 Å². The average molecular weight is 311 g/mol. The Balaban J connectivity index is 1.83. The summed E-state index contributed by atoms with van der Waals surface area (Å²) in [4.78, 5) is 18.5. The van der Waals surface area contributed by atoms with Gasteiger partial charge in [0.2, 0.25) is 0 Å². The third-order valence-corrected chi connectivity index (χ3v) is 4.22. The van der Waals surface area contributed by atoms with Crippen LogP contribution in [-0.2, 0) is 6.42 Å². The minimum absolute atomic E-state index is 0.00388. The lowest BCUT2D eigenvalue weighted by atomic mass is 9.87. The highest BCUT2D eigenvalue weighted by Gasteiger charge is 2.28. The molecule has 1 heterocycles. The van der Waals surface area contributed by atoms with E-state index in [4.69, 9.17) is 0 Å². The van der Waals surface area contributed by atoms with Crippen molar-refractivity contribution in [3.8, 4) is 0 Å². The molecule has 2 amide bonds. The highest BCUT2D eigenvalue weighted by molar-refractivity contribution is 5.88. The van der Waals surface area contributed by atoms with Gasteiger partial charge in [-0.3, -0.25) is 5.32 Å². The number of aliphatic hydroxyl groups is 1. The summed E-state index contributed by atoms with van der Waals surface area (Å²) in [6, 6.07) is 13.4. The summed E-state index contributed by atoms with van der Waals surface area (Å²) in [6.07, 6.45) is 4.64. The van der Waals surface area contributed by atoms with E-state index < -0.39 is 0 Å². The molecule has 0 saturated carbocycles. The van der Waals surface area contributed by atoms with E-state index in [1.807, 2.05) is 18.2 Å². The van der Waals surface area contributed by atoms with Crippen molar-refractivity contribution in [2.75, 3.05) is 18.5 Å². The van der Waals surface area contributed by atoms with Crippen LogP contribution in [0.2, 0.25) is 0 Å². The average Bonchev–Trinajstić information content (AvgIpc) is 2.60. The molecule has 1 aliphatic rings. The van der Waals surface area contributed by atoms with Gasteiger partial charge in [-0.1, -0.05) is 30.3 Å². The highest BCUT2D eigenvalue weighted by atomic mass is 16.3. The highest BCUT2D eigenvalue weighted by Crippen LogP contribution is 2.34. The van der Waals surface area contributed by atoms with Crippen LogP contribution < -0.4 is 5.32 Å². The molecule has 0 spiro atoms. The molecule has 0 fully saturated rings. The summed E-state index contributed by atoms with van der Waals surface area (Å²) in [5.41, 5.74) is 2.47. The smallest absolute Gasteiger partial charge is 0.323 e. The van der Waals surface area contributed by atoms with Crippen LogP contribution in [0.1, 0.15) is 30.0 Å². The van der Waals surface area contributed by atoms with Gasteiger partial charge in [0, 0.05) is 12.7 Å². The van der Waals surface area contributed by atoms with Crippen LogP contribution in [0.25, 0.3) is 0 Å². The number of nitrogens with one attached hydrogen (secondary N) is 1. The SMILES string of the molecule is O=C(Nc1ccccn1)N(CCO)[C@H]1CCCc2ccccc21. The predicted molar refractivity (Wildman–Crippen MR) is 89.2 cm³/mol. The number of aliphatic hydroxyl groups excluding tert-OH is 1. The number of carbonyl (C=O) groups excluding carboxylic acids is 1. The summed E-state index contributed by atoms with van der Waals surface area (Å²) in [5.74, 6) is 0.518. The first-order valence-electron chi connectivity index (χ1n) is 7.97. The van der Waals surface area contributed by atoms with Crippen molar-refractivity contribution in [2.24, 2.45) is 0 Å². The molecule has 0 bridgehead atoms. The number of pyridine rings is 1. The lowest BCUT2D eigenvalue weighted by Crippen LogP contribution is -2.41. The van der Waals surface area contributed by atoms with Gasteiger partial charge >= 0.3 is 6.03 Å². The summed E-state index contributed by atoms with van der Waals surface area (Å²) in [5, 5.41) is 12.2. The van der Waals surface area contributed by atoms with Gasteiger partial charge in [-0.05, 0) is 42.5 Å². The van der Waals surface area contributed by atoms with Crippen molar-refractivity contribution in [1.82, 2.24) is 9.88 Å². The summed E-state index contributed by atoms with van der Waals surface area (Å²) >= 11 is 0. The molecule has 1 aromatic heterocycles. The second-order valence-corrected chi connectivity index (χ2v) is 5.67. The summed E-state index contributed by atoms with van der Waals surface area (Å²) in [7, 11) is 0. The van der Waals surface area contributed by atoms with E-state index in [0.29, 0.717) is 12.4 Å². The van der Waals surface area contributed by atoms with Crippen LogP contribution in [0.5, 0.6) is 0 Å². The van der Waals surface area contributed by atoms with Gasteiger partial charge in [0.25, 0.3) is 0 Å². The van der Waals surface area contributed by atoms with E-state index >= 15 is 0 Å². The fourth-order valence-corrected chi connectivity index (χ4v) is 3.18. The lowest BCUT2D eigenvalue weighted by Gasteiger charge is -2.35. The standard InChI is InChI=1S/C18H21N3O2/c22-13-12-21(18(23)20-17-10-3-4-11-19-17)16-9-5-7-14-6-1-2-8-15(14)16/h1-4,6,8,10-11,16,22H,5,7,9,12-13H2,(H,19,20,23)/t16-/m0/s1. The number of carbonyl (C=O) groups is 1. The molecule has 1 aromatic carbocycles. The van der Waals surface area contributed by atoms with Crippen LogP contribution in [0, 0.1) is 0 Å². The Morgan fingerprint density at radius 2 is 2.09 bits per heavy atom. The van der Waals surface area contributed by atoms with Gasteiger partial charge in [0.15, 0.2) is 0 Å². The molecule has 1 aliphatic carbocycles. The van der Waals surface area contributed by atoms with Gasteiger partial charge in [-0.2, -0.15) is 0 Å². The Labute approximate surface area is 136 Å². The van der Waals surface area contributed by atoms with Gasteiger partial charge in [0.05, 0.1) is 12.6 Å². The number of amides is 2. The quantitative estimate of drug-likeness (QED) is 0.912. The third-order valence-electron chi connectivity index (χ3n) is 4.22. The minimum Gasteiger partial charge on any atom is -0.395 e. The molecule has 3 rings (SSSR count). The zero-order chi connectivity index (χ0) is 16.1. The number of hydrogen-bond donors (Lipinski definition) is 2. The number of benzene rings is 1. The van der Waals surface area contributed by atoms with Crippen molar-refractivity contribution in [3.63, 3.8) is 0 Å². The molecule has 0 aliphatic heterocycles. The fourth-order valence-electron chi connectivity index (χ4n) is 3.18. The number of aryl methyl sites for hydroxylation is 1. The number of aromatic nitrogens is 1. The molecule has 5 heteroatoms. The monoisotopic (exact) mass is 311 g/mol. The first kappa shape index (κ1) is 15.5. The lowest BCUT2D eigenvalue weighted by molar-refractivity contribution is 0.154. The predicted octanol–water partition coefficient (Wildman–Crippen LogP) is 2.99. The number of nitrogens with zero attached hydrogens (tertiary/aromatic N) is 2. The van der Waals surface area contributed by atoms with Gasteiger partial charge in [0.1, 0.15) is 5.82 Å². The molecular weight excluding hydrogens is 290 g/mol. The van der Waals surface area contributed by atoms with Crippen molar-refractivity contribution in [3.05, 3.63) is 59.8 Å². The molecule has 2 N–H and O–H groups in total. The number of urea groups is 1. The Kier molecular flexibility index (Phi) is 4.88. The Morgan fingerprint density at radius 1 is 1.26 bits per heavy atom. The van der Waals surface area contributed by atoms with Crippen LogP contribution in [0.3, 0.4) is 0 Å². The van der Waals surface area contributed by atoms with Gasteiger partial charge < -0.3 is 10.0 Å². The van der Waals surface area contributed by atoms with Crippen molar-refractivity contribution < 1.29 is 9.90 Å². The summed E-state index contributed by atoms with van der Waals surface area (Å²) < 4.78 is 0. The van der Waals surface area contributed by atoms with Gasteiger partial charge in [-0.15, -0.1) is 0 Å². The molecule has 2 aromatic rings. The van der Waals surface area contributed by atoms with E-state index in [2.05, 4.69) is 22.4 Å². The molecule has 1 atom stereocenters. The number of rotatable bonds is 4. The molecule has 120 valence electrons. The molecule has 0 saturated heterocycles. The summed E-state index contributed by atoms with van der Waals surface area (Å²) in [6.45, 7) is 0.242. The maximum atomic E-state index is 12.7. The first-order valence-corrected chi connectivity index (χ1v) is 7.97. The van der Waals surface area contributed by atoms with Crippen molar-refractivity contribution in [1.29, 1.82) is 0 Å². The topological polar surface area (TPSA) is 65.5 Å².